The molecule has 1 saturated heterocycles. The fourth-order valence-corrected chi connectivity index (χ4v) is 5.82. The van der Waals surface area contributed by atoms with Gasteiger partial charge in [-0.25, -0.2) is 8.42 Å². The van der Waals surface area contributed by atoms with E-state index in [1.165, 1.54) is 0 Å². The Kier molecular flexibility index (Phi) is 6.02. The Morgan fingerprint density at radius 1 is 1.07 bits per heavy atom. The second-order valence-corrected chi connectivity index (χ2v) is 11.0. The van der Waals surface area contributed by atoms with Gasteiger partial charge in [0.25, 0.3) is 0 Å². The van der Waals surface area contributed by atoms with Crippen molar-refractivity contribution in [2.24, 2.45) is 5.92 Å². The Bertz CT molecular complexity index is 1160. The number of hydrogen-bond acceptors (Lipinski definition) is 3. The summed E-state index contributed by atoms with van der Waals surface area (Å²) in [7, 11) is -3.56. The highest BCUT2D eigenvalue weighted by atomic mass is 79.9. The number of benzene rings is 2. The Hall–Kier alpha value is -2.12. The fraction of sp³-hybridized carbons (Fsp3) is 0.348. The highest BCUT2D eigenvalue weighted by Crippen LogP contribution is 2.29. The third-order valence-electron chi connectivity index (χ3n) is 5.80. The molecule has 2 aromatic carbocycles. The molecule has 3 aromatic rings. The summed E-state index contributed by atoms with van der Waals surface area (Å²) in [6.07, 6.45) is 3.67. The molecule has 1 amide bonds. The minimum Gasteiger partial charge on any atom is -0.341 e. The van der Waals surface area contributed by atoms with Crippen LogP contribution in [0, 0.1) is 5.92 Å². The van der Waals surface area contributed by atoms with Gasteiger partial charge in [-0.3, -0.25) is 4.79 Å². The van der Waals surface area contributed by atoms with Crippen molar-refractivity contribution >= 4 is 42.6 Å². The van der Waals surface area contributed by atoms with Gasteiger partial charge >= 0.3 is 0 Å². The number of nitrogens with zero attached hydrogens (tertiary/aromatic N) is 2. The van der Waals surface area contributed by atoms with Gasteiger partial charge in [-0.05, 0) is 42.5 Å². The van der Waals surface area contributed by atoms with Gasteiger partial charge in [-0.2, -0.15) is 0 Å². The lowest BCUT2D eigenvalue weighted by Crippen LogP contribution is -2.39. The molecule has 1 aliphatic rings. The molecule has 0 spiro atoms. The number of carbonyl (C=O) groups excluding carboxylic acids is 1. The predicted molar refractivity (Wildman–Crippen MR) is 122 cm³/mol. The molecule has 0 N–H and O–H groups in total. The Morgan fingerprint density at radius 2 is 1.73 bits per heavy atom. The van der Waals surface area contributed by atoms with Gasteiger partial charge < -0.3 is 9.47 Å². The van der Waals surface area contributed by atoms with E-state index < -0.39 is 9.84 Å². The third kappa shape index (κ3) is 4.47. The van der Waals surface area contributed by atoms with Crippen LogP contribution in [0.1, 0.15) is 25.3 Å². The summed E-state index contributed by atoms with van der Waals surface area (Å²) in [5.74, 6) is 0.614. The van der Waals surface area contributed by atoms with Gasteiger partial charge in [-0.15, -0.1) is 0 Å². The number of rotatable bonds is 5. The van der Waals surface area contributed by atoms with Crippen molar-refractivity contribution in [1.82, 2.24) is 9.47 Å². The van der Waals surface area contributed by atoms with Crippen molar-refractivity contribution in [2.75, 3.05) is 13.1 Å². The van der Waals surface area contributed by atoms with E-state index in [2.05, 4.69) is 22.9 Å². The Morgan fingerprint density at radius 3 is 2.43 bits per heavy atom. The molecule has 158 valence electrons. The molecule has 1 aliphatic heterocycles. The van der Waals surface area contributed by atoms with E-state index in [9.17, 15) is 13.2 Å². The number of carbonyl (C=O) groups is 1. The molecule has 30 heavy (non-hydrogen) atoms. The van der Waals surface area contributed by atoms with Crippen LogP contribution in [-0.4, -0.2) is 36.9 Å². The molecule has 0 atom stereocenters. The minimum atomic E-state index is -3.56. The quantitative estimate of drug-likeness (QED) is 0.525. The molecule has 1 fully saturated rings. The van der Waals surface area contributed by atoms with Crippen LogP contribution in [-0.2, 0) is 26.9 Å². The number of likely N-dealkylation sites (tertiary alicyclic amines) is 1. The highest BCUT2D eigenvalue weighted by molar-refractivity contribution is 9.10. The molecule has 4 rings (SSSR count). The lowest BCUT2D eigenvalue weighted by molar-refractivity contribution is -0.133. The summed E-state index contributed by atoms with van der Waals surface area (Å²) in [5, 5.41) is 0.662. The largest absolute Gasteiger partial charge is 0.341 e. The second-order valence-electron chi connectivity index (χ2n) is 8.09. The number of para-hydroxylation sites is 1. The van der Waals surface area contributed by atoms with Gasteiger partial charge in [-0.1, -0.05) is 53.2 Å². The van der Waals surface area contributed by atoms with Crippen molar-refractivity contribution in [3.8, 4) is 0 Å². The molecule has 0 aliphatic carbocycles. The van der Waals surface area contributed by atoms with Crippen LogP contribution in [0.15, 0.2) is 64.1 Å². The molecule has 1 aromatic heterocycles. The summed E-state index contributed by atoms with van der Waals surface area (Å²) < 4.78 is 29.1. The first-order valence-electron chi connectivity index (χ1n) is 10.2. The predicted octanol–water partition coefficient (Wildman–Crippen LogP) is 4.64. The fourth-order valence-electron chi connectivity index (χ4n) is 3.97. The molecule has 0 saturated carbocycles. The Labute approximate surface area is 185 Å². The monoisotopic (exact) mass is 488 g/mol. The SMILES string of the molecule is CC1CCN(C(=O)Cn2cc(S(=O)(=O)Cc3ccc(Br)cc3)c3ccccc32)CC1. The molecular formula is C23H25BrN2O3S. The van der Waals surface area contributed by atoms with E-state index in [1.54, 1.807) is 10.8 Å². The van der Waals surface area contributed by atoms with Crippen molar-refractivity contribution < 1.29 is 13.2 Å². The number of hydrogen-bond donors (Lipinski definition) is 0. The third-order valence-corrected chi connectivity index (χ3v) is 8.04. The van der Waals surface area contributed by atoms with E-state index >= 15 is 0 Å². The molecule has 0 radical (unpaired) electrons. The lowest BCUT2D eigenvalue weighted by atomic mass is 9.99. The molecule has 7 heteroatoms. The first-order chi connectivity index (χ1) is 14.3. The van der Waals surface area contributed by atoms with Crippen LogP contribution in [0.4, 0.5) is 0 Å². The molecule has 5 nitrogen and oxygen atoms in total. The number of piperidine rings is 1. The van der Waals surface area contributed by atoms with Crippen LogP contribution in [0.5, 0.6) is 0 Å². The number of halogens is 1. The average Bonchev–Trinajstić information content (AvgIpc) is 3.10. The zero-order valence-corrected chi connectivity index (χ0v) is 19.3. The number of sulfone groups is 1. The van der Waals surface area contributed by atoms with Crippen molar-refractivity contribution in [3.63, 3.8) is 0 Å². The van der Waals surface area contributed by atoms with Gasteiger partial charge in [0.1, 0.15) is 6.54 Å². The van der Waals surface area contributed by atoms with Crippen LogP contribution >= 0.6 is 15.9 Å². The van der Waals surface area contributed by atoms with Crippen LogP contribution in [0.25, 0.3) is 10.9 Å². The summed E-state index contributed by atoms with van der Waals surface area (Å²) in [5.41, 5.74) is 1.50. The van der Waals surface area contributed by atoms with Crippen LogP contribution in [0.3, 0.4) is 0 Å². The zero-order valence-electron chi connectivity index (χ0n) is 16.9. The molecule has 0 bridgehead atoms. The number of amides is 1. The van der Waals surface area contributed by atoms with E-state index in [1.807, 2.05) is 53.4 Å². The molecule has 2 heterocycles. The highest BCUT2D eigenvalue weighted by Gasteiger charge is 2.24. The first kappa shape index (κ1) is 21.1. The van der Waals surface area contributed by atoms with E-state index in [4.69, 9.17) is 0 Å². The number of fused-ring (bicyclic) bond motifs is 1. The maximum atomic E-state index is 13.2. The summed E-state index contributed by atoms with van der Waals surface area (Å²) in [4.78, 5) is 15.0. The van der Waals surface area contributed by atoms with Crippen molar-refractivity contribution in [3.05, 3.63) is 64.8 Å². The smallest absolute Gasteiger partial charge is 0.242 e. The normalized spacial score (nSPS) is 15.6. The summed E-state index contributed by atoms with van der Waals surface area (Å²) in [6, 6.07) is 14.7. The zero-order chi connectivity index (χ0) is 21.3. The topological polar surface area (TPSA) is 59.4 Å². The maximum Gasteiger partial charge on any atom is 0.242 e. The minimum absolute atomic E-state index is 0.0412. The van der Waals surface area contributed by atoms with Gasteiger partial charge in [0.05, 0.1) is 10.6 Å². The standard InChI is InChI=1S/C23H25BrN2O3S/c1-17-10-12-25(13-11-17)23(27)15-26-14-22(20-4-2-3-5-21(20)26)30(28,29)16-18-6-8-19(24)9-7-18/h2-9,14,17H,10-13,15-16H2,1H3. The lowest BCUT2D eigenvalue weighted by Gasteiger charge is -2.30. The van der Waals surface area contributed by atoms with Gasteiger partial charge in [0, 0.05) is 34.7 Å². The molecule has 0 unspecified atom stereocenters. The maximum absolute atomic E-state index is 13.2. The van der Waals surface area contributed by atoms with E-state index in [-0.39, 0.29) is 23.1 Å². The van der Waals surface area contributed by atoms with E-state index in [0.717, 1.165) is 41.5 Å². The van der Waals surface area contributed by atoms with Gasteiger partial charge in [0.15, 0.2) is 9.84 Å². The summed E-state index contributed by atoms with van der Waals surface area (Å²) in [6.45, 7) is 3.91. The van der Waals surface area contributed by atoms with Gasteiger partial charge in [0.2, 0.25) is 5.91 Å². The average molecular weight is 489 g/mol. The van der Waals surface area contributed by atoms with Crippen LogP contribution < -0.4 is 0 Å². The van der Waals surface area contributed by atoms with Crippen LogP contribution in [0.2, 0.25) is 0 Å². The molecular weight excluding hydrogens is 464 g/mol. The van der Waals surface area contributed by atoms with E-state index in [0.29, 0.717) is 11.3 Å². The number of aromatic nitrogens is 1. The van der Waals surface area contributed by atoms with Crippen molar-refractivity contribution in [2.45, 2.75) is 37.0 Å². The summed E-state index contributed by atoms with van der Waals surface area (Å²) >= 11 is 3.38. The second kappa shape index (κ2) is 8.55. The first-order valence-corrected chi connectivity index (χ1v) is 12.6. The van der Waals surface area contributed by atoms with Crippen molar-refractivity contribution in [1.29, 1.82) is 0 Å². The Balaban J connectivity index is 1.63.